The average molecular weight is 1070 g/mol. The van der Waals surface area contributed by atoms with Crippen LogP contribution < -0.4 is 4.90 Å². The zero-order valence-corrected chi connectivity index (χ0v) is 49.5. The van der Waals surface area contributed by atoms with E-state index >= 15 is 0 Å². The minimum absolute atomic E-state index is 0.140. The molecule has 0 fully saturated rings. The van der Waals surface area contributed by atoms with Crippen molar-refractivity contribution in [3.63, 3.8) is 0 Å². The standard InChI is InChI=1S/C82H75N/c1-9-56(5)61-27-31-64(32-28-61)67-37-35-66(36-38-67)63-24-21-60(22-25-63)23-26-71(74-47-19-54(3)49-58(74)7)51-72-52-79-77-17-13-14-18-78(77)82(53-80(79)76-16-12-11-15-75(72)76)83(81-48-20-55(4)50-59(81)8)73-45-43-70(44-46-73)69-41-39-68(40-42-69)65-33-29-62(30-34-65)57(6)10-2/h11-50,52-53,56-57,71H,9-10,51H2,1-8H3. The highest BCUT2D eigenvalue weighted by molar-refractivity contribution is 6.22. The molecule has 0 saturated heterocycles. The van der Waals surface area contributed by atoms with Gasteiger partial charge in [-0.3, -0.25) is 0 Å². The molecule has 12 aromatic rings. The number of rotatable bonds is 16. The molecule has 0 aromatic heterocycles. The van der Waals surface area contributed by atoms with E-state index in [0.29, 0.717) is 11.8 Å². The molecule has 0 aliphatic heterocycles. The van der Waals surface area contributed by atoms with Gasteiger partial charge >= 0.3 is 0 Å². The number of anilines is 3. The summed E-state index contributed by atoms with van der Waals surface area (Å²) in [5.41, 5.74) is 25.1. The van der Waals surface area contributed by atoms with Gasteiger partial charge in [-0.15, -0.1) is 0 Å². The minimum Gasteiger partial charge on any atom is -0.310 e. The zero-order chi connectivity index (χ0) is 57.1. The van der Waals surface area contributed by atoms with Gasteiger partial charge in [-0.25, -0.2) is 0 Å². The molecule has 1 heteroatoms. The Bertz CT molecular complexity index is 4280. The van der Waals surface area contributed by atoms with Crippen LogP contribution in [0.4, 0.5) is 17.1 Å². The maximum atomic E-state index is 2.51. The van der Waals surface area contributed by atoms with Crippen molar-refractivity contribution >= 4 is 55.5 Å². The van der Waals surface area contributed by atoms with Crippen LogP contribution in [-0.4, -0.2) is 0 Å². The summed E-state index contributed by atoms with van der Waals surface area (Å²) < 4.78 is 0. The average Bonchev–Trinajstić information content (AvgIpc) is 1.85. The molecular weight excluding hydrogens is 999 g/mol. The molecule has 0 radical (unpaired) electrons. The van der Waals surface area contributed by atoms with Gasteiger partial charge in [-0.05, 0) is 200 Å². The van der Waals surface area contributed by atoms with Gasteiger partial charge in [0.05, 0.1) is 5.69 Å². The highest BCUT2D eigenvalue weighted by atomic mass is 15.1. The van der Waals surface area contributed by atoms with Crippen molar-refractivity contribution in [2.45, 2.75) is 92.4 Å². The summed E-state index contributed by atoms with van der Waals surface area (Å²) in [4.78, 5) is 2.49. The van der Waals surface area contributed by atoms with Crippen molar-refractivity contribution in [2.75, 3.05) is 4.90 Å². The van der Waals surface area contributed by atoms with E-state index in [0.717, 1.165) is 30.6 Å². The number of nitrogens with zero attached hydrogens (tertiary/aromatic N) is 1. The fourth-order valence-corrected chi connectivity index (χ4v) is 12.6. The molecular formula is C82H75N. The van der Waals surface area contributed by atoms with E-state index in [2.05, 4.69) is 315 Å². The monoisotopic (exact) mass is 1070 g/mol. The molecule has 0 heterocycles. The predicted octanol–water partition coefficient (Wildman–Crippen LogP) is 23.6. The number of aryl methyl sites for hydroxylation is 4. The third-order valence-corrected chi connectivity index (χ3v) is 17.9. The lowest BCUT2D eigenvalue weighted by Gasteiger charge is -2.29. The van der Waals surface area contributed by atoms with Crippen LogP contribution >= 0.6 is 0 Å². The first kappa shape index (κ1) is 54.5. The molecule has 0 bridgehead atoms. The highest BCUT2D eigenvalue weighted by Crippen LogP contribution is 2.46. The predicted molar refractivity (Wildman–Crippen MR) is 360 cm³/mol. The molecule has 0 aliphatic carbocycles. The summed E-state index contributed by atoms with van der Waals surface area (Å²) in [5.74, 6) is 1.28. The summed E-state index contributed by atoms with van der Waals surface area (Å²) in [6, 6.07) is 91.5. The van der Waals surface area contributed by atoms with Crippen molar-refractivity contribution in [3.8, 4) is 44.5 Å². The van der Waals surface area contributed by atoms with Crippen LogP contribution in [0.5, 0.6) is 0 Å². The molecule has 83 heavy (non-hydrogen) atoms. The van der Waals surface area contributed by atoms with Crippen molar-refractivity contribution < 1.29 is 0 Å². The second kappa shape index (κ2) is 23.8. The van der Waals surface area contributed by atoms with E-state index in [4.69, 9.17) is 0 Å². The number of allylic oxidation sites excluding steroid dienone is 1. The van der Waals surface area contributed by atoms with E-state index in [-0.39, 0.29) is 5.92 Å². The van der Waals surface area contributed by atoms with E-state index in [1.165, 1.54) is 133 Å². The molecule has 0 saturated carbocycles. The number of fused-ring (bicyclic) bond motifs is 5. The fraction of sp³-hybridized carbons (Fsp3) is 0.171. The van der Waals surface area contributed by atoms with Crippen LogP contribution in [0.25, 0.3) is 82.9 Å². The first-order chi connectivity index (χ1) is 40.5. The molecule has 0 spiro atoms. The molecule has 12 rings (SSSR count). The van der Waals surface area contributed by atoms with Crippen LogP contribution in [0, 0.1) is 27.7 Å². The van der Waals surface area contributed by atoms with Crippen molar-refractivity contribution in [2.24, 2.45) is 0 Å². The maximum absolute atomic E-state index is 2.51. The lowest BCUT2D eigenvalue weighted by atomic mass is 9.84. The number of benzene rings is 12. The van der Waals surface area contributed by atoms with Crippen LogP contribution in [-0.2, 0) is 6.42 Å². The largest absolute Gasteiger partial charge is 0.310 e. The van der Waals surface area contributed by atoms with E-state index in [1.54, 1.807) is 0 Å². The first-order valence-corrected chi connectivity index (χ1v) is 30.1. The zero-order valence-electron chi connectivity index (χ0n) is 49.5. The topological polar surface area (TPSA) is 3.24 Å². The van der Waals surface area contributed by atoms with Crippen LogP contribution in [0.1, 0.15) is 108 Å². The minimum atomic E-state index is 0.140. The van der Waals surface area contributed by atoms with Crippen LogP contribution in [0.15, 0.2) is 249 Å². The van der Waals surface area contributed by atoms with Gasteiger partial charge in [0.25, 0.3) is 0 Å². The van der Waals surface area contributed by atoms with Crippen molar-refractivity contribution in [1.29, 1.82) is 0 Å². The second-order valence-electron chi connectivity index (χ2n) is 23.5. The Morgan fingerprint density at radius 1 is 0.361 bits per heavy atom. The quantitative estimate of drug-likeness (QED) is 0.0872. The third-order valence-electron chi connectivity index (χ3n) is 17.9. The summed E-state index contributed by atoms with van der Waals surface area (Å²) >= 11 is 0. The Morgan fingerprint density at radius 2 is 0.771 bits per heavy atom. The van der Waals surface area contributed by atoms with Gasteiger partial charge in [0.2, 0.25) is 0 Å². The first-order valence-electron chi connectivity index (χ1n) is 30.1. The molecule has 3 unspecified atom stereocenters. The van der Waals surface area contributed by atoms with Gasteiger partial charge in [0.15, 0.2) is 0 Å². The Hall–Kier alpha value is -9.04. The number of hydrogen-bond acceptors (Lipinski definition) is 1. The second-order valence-corrected chi connectivity index (χ2v) is 23.5. The Labute approximate surface area is 493 Å². The van der Waals surface area contributed by atoms with Crippen LogP contribution in [0.2, 0.25) is 0 Å². The van der Waals surface area contributed by atoms with E-state index < -0.39 is 0 Å². The molecule has 0 amide bonds. The summed E-state index contributed by atoms with van der Waals surface area (Å²) in [6.07, 6.45) is 7.94. The highest BCUT2D eigenvalue weighted by Gasteiger charge is 2.22. The Balaban J connectivity index is 0.885. The number of hydrogen-bond donors (Lipinski definition) is 0. The molecule has 1 nitrogen and oxygen atoms in total. The van der Waals surface area contributed by atoms with Gasteiger partial charge in [-0.2, -0.15) is 0 Å². The van der Waals surface area contributed by atoms with Gasteiger partial charge in [0.1, 0.15) is 0 Å². The fourth-order valence-electron chi connectivity index (χ4n) is 12.6. The van der Waals surface area contributed by atoms with Crippen LogP contribution in [0.3, 0.4) is 0 Å². The lowest BCUT2D eigenvalue weighted by molar-refractivity contribution is 0.734. The van der Waals surface area contributed by atoms with E-state index in [1.807, 2.05) is 0 Å². The normalized spacial score (nSPS) is 12.8. The molecule has 0 aliphatic rings. The maximum Gasteiger partial charge on any atom is 0.0546 e. The van der Waals surface area contributed by atoms with Gasteiger partial charge in [0, 0.05) is 22.7 Å². The molecule has 3 atom stereocenters. The molecule has 12 aromatic carbocycles. The van der Waals surface area contributed by atoms with Crippen molar-refractivity contribution in [1.82, 2.24) is 0 Å². The third kappa shape index (κ3) is 11.3. The SMILES string of the molecule is CCC(C)c1ccc(-c2ccc(-c3ccc(C=CC(Cc4cc5c6ccccc6c(N(c6ccc(-c7ccc(-c8ccc(C(C)CC)cc8)cc7)cc6)c6ccc(C)cc6C)cc5c5ccccc45)c4ccc(C)cc4C)cc3)cc2)cc1. The summed E-state index contributed by atoms with van der Waals surface area (Å²) in [6.45, 7) is 18.0. The molecule has 408 valence electrons. The Kier molecular flexibility index (Phi) is 15.6. The smallest absolute Gasteiger partial charge is 0.0546 e. The van der Waals surface area contributed by atoms with Gasteiger partial charge < -0.3 is 4.90 Å². The van der Waals surface area contributed by atoms with Gasteiger partial charge in [-0.1, -0.05) is 263 Å². The Morgan fingerprint density at radius 3 is 1.25 bits per heavy atom. The summed E-state index contributed by atoms with van der Waals surface area (Å²) in [7, 11) is 0. The molecule has 0 N–H and O–H groups in total. The van der Waals surface area contributed by atoms with Crippen molar-refractivity contribution in [3.05, 3.63) is 299 Å². The lowest BCUT2D eigenvalue weighted by Crippen LogP contribution is -2.12. The van der Waals surface area contributed by atoms with E-state index in [9.17, 15) is 0 Å². The summed E-state index contributed by atoms with van der Waals surface area (Å²) in [5, 5.41) is 7.55.